The summed E-state index contributed by atoms with van der Waals surface area (Å²) in [4.78, 5) is 9.82. The van der Waals surface area contributed by atoms with Crippen LogP contribution < -0.4 is 0 Å². The molecule has 0 amide bonds. The second kappa shape index (κ2) is 37.7. The fourth-order valence-corrected chi connectivity index (χ4v) is 0.203. The molecule has 0 heterocycles. The molecule has 0 saturated carbocycles. The van der Waals surface area contributed by atoms with Crippen molar-refractivity contribution in [1.29, 1.82) is 0 Å². The first-order valence-electron chi connectivity index (χ1n) is 4.90. The Hall–Kier alpha value is -0.650. The van der Waals surface area contributed by atoms with Crippen LogP contribution in [0.4, 0.5) is 0 Å². The van der Waals surface area contributed by atoms with Crippen molar-refractivity contribution in [2.75, 3.05) is 26.9 Å². The highest BCUT2D eigenvalue weighted by molar-refractivity contribution is 5.65. The molecule has 0 aliphatic carbocycles. The lowest BCUT2D eigenvalue weighted by molar-refractivity contribution is -0.140. The average Bonchev–Trinajstić information content (AvgIpc) is 2.22. The zero-order chi connectivity index (χ0) is 13.1. The van der Waals surface area contributed by atoms with Crippen LogP contribution >= 0.6 is 0 Å². The van der Waals surface area contributed by atoms with Gasteiger partial charge in [-0.05, 0) is 20.3 Å². The minimum Gasteiger partial charge on any atom is -0.466 e. The Bertz CT molecular complexity index is 83.9. The Balaban J connectivity index is -0.0000000590. The summed E-state index contributed by atoms with van der Waals surface area (Å²) in [7, 11) is 1.00. The Kier molecular flexibility index (Phi) is 60.0. The van der Waals surface area contributed by atoms with Gasteiger partial charge in [-0.2, -0.15) is 0 Å². The first-order valence-corrected chi connectivity index (χ1v) is 4.90. The Morgan fingerprint density at radius 2 is 1.40 bits per heavy atom. The molecule has 0 atom stereocenters. The van der Waals surface area contributed by atoms with E-state index >= 15 is 0 Å². The zero-order valence-corrected chi connectivity index (χ0v) is 10.5. The minimum absolute atomic E-state index is 0.211. The van der Waals surface area contributed by atoms with E-state index in [1.54, 1.807) is 13.8 Å². The van der Waals surface area contributed by atoms with E-state index in [-0.39, 0.29) is 12.6 Å². The molecule has 0 unspecified atom stereocenters. The number of ether oxygens (including phenoxy) is 1. The van der Waals surface area contributed by atoms with Crippen molar-refractivity contribution >= 4 is 5.97 Å². The van der Waals surface area contributed by atoms with Crippen molar-refractivity contribution < 1.29 is 24.9 Å². The second-order valence-corrected chi connectivity index (χ2v) is 1.96. The summed E-state index contributed by atoms with van der Waals surface area (Å²) < 4.78 is 4.40. The van der Waals surface area contributed by atoms with Crippen molar-refractivity contribution in [3.63, 3.8) is 0 Å². The van der Waals surface area contributed by atoms with E-state index in [9.17, 15) is 4.79 Å². The van der Waals surface area contributed by atoms with Gasteiger partial charge in [-0.25, -0.2) is 0 Å². The molecule has 0 rings (SSSR count). The molecule has 3 N–H and O–H groups in total. The maximum Gasteiger partial charge on any atom is 0.302 e. The van der Waals surface area contributed by atoms with Gasteiger partial charge in [0, 0.05) is 27.2 Å². The summed E-state index contributed by atoms with van der Waals surface area (Å²) in [5, 5.41) is 22.4. The summed E-state index contributed by atoms with van der Waals surface area (Å²) >= 11 is 0. The normalized spacial score (nSPS) is 6.67. The van der Waals surface area contributed by atoms with E-state index in [1.165, 1.54) is 6.92 Å². The SMILES string of the molecule is CCCO.CCO.CCOC(C)=O.CO. The summed E-state index contributed by atoms with van der Waals surface area (Å²) in [5.74, 6) is -0.211. The lowest BCUT2D eigenvalue weighted by Crippen LogP contribution is -1.95. The van der Waals surface area contributed by atoms with E-state index in [0.29, 0.717) is 13.2 Å². The van der Waals surface area contributed by atoms with E-state index in [2.05, 4.69) is 4.74 Å². The number of rotatable bonds is 2. The molecule has 5 heteroatoms. The van der Waals surface area contributed by atoms with Crippen LogP contribution in [-0.4, -0.2) is 48.2 Å². The van der Waals surface area contributed by atoms with Gasteiger partial charge < -0.3 is 20.1 Å². The van der Waals surface area contributed by atoms with Crippen LogP contribution in [0.5, 0.6) is 0 Å². The van der Waals surface area contributed by atoms with E-state index < -0.39 is 0 Å². The predicted molar refractivity (Wildman–Crippen MR) is 60.6 cm³/mol. The molecule has 0 aromatic carbocycles. The number of aliphatic hydroxyl groups is 3. The first-order chi connectivity index (χ1) is 7.10. The van der Waals surface area contributed by atoms with Crippen LogP contribution in [0.25, 0.3) is 0 Å². The molecule has 0 aromatic rings. The summed E-state index contributed by atoms with van der Waals surface area (Å²) in [6, 6.07) is 0. The van der Waals surface area contributed by atoms with Crippen molar-refractivity contribution in [3.8, 4) is 0 Å². The fourth-order valence-electron chi connectivity index (χ4n) is 0.203. The van der Waals surface area contributed by atoms with Crippen molar-refractivity contribution in [3.05, 3.63) is 0 Å². The minimum atomic E-state index is -0.211. The molecule has 0 fully saturated rings. The van der Waals surface area contributed by atoms with Gasteiger partial charge in [0.1, 0.15) is 0 Å². The molecule has 0 saturated heterocycles. The van der Waals surface area contributed by atoms with Crippen molar-refractivity contribution in [1.82, 2.24) is 0 Å². The quantitative estimate of drug-likeness (QED) is 0.599. The van der Waals surface area contributed by atoms with Gasteiger partial charge in [0.05, 0.1) is 6.61 Å². The summed E-state index contributed by atoms with van der Waals surface area (Å²) in [6.45, 7) is 7.83. The third-order valence-electron chi connectivity index (χ3n) is 0.571. The van der Waals surface area contributed by atoms with Gasteiger partial charge in [-0.3, -0.25) is 4.79 Å². The third kappa shape index (κ3) is 153. The molecule has 0 spiro atoms. The topological polar surface area (TPSA) is 87.0 Å². The van der Waals surface area contributed by atoms with Crippen LogP contribution in [0.1, 0.15) is 34.1 Å². The molecular weight excluding hydrogens is 200 g/mol. The summed E-state index contributed by atoms with van der Waals surface area (Å²) in [6.07, 6.45) is 0.875. The smallest absolute Gasteiger partial charge is 0.302 e. The zero-order valence-electron chi connectivity index (χ0n) is 10.5. The van der Waals surface area contributed by atoms with Gasteiger partial charge in [0.15, 0.2) is 0 Å². The Morgan fingerprint density at radius 1 is 1.13 bits per heavy atom. The second-order valence-electron chi connectivity index (χ2n) is 1.96. The van der Waals surface area contributed by atoms with E-state index in [1.807, 2.05) is 6.92 Å². The molecule has 15 heavy (non-hydrogen) atoms. The Morgan fingerprint density at radius 3 is 1.40 bits per heavy atom. The monoisotopic (exact) mass is 226 g/mol. The molecule has 0 bridgehead atoms. The lowest BCUT2D eigenvalue weighted by atomic mass is 10.5. The molecule has 0 aromatic heterocycles. The number of hydrogen-bond acceptors (Lipinski definition) is 5. The number of hydrogen-bond donors (Lipinski definition) is 3. The van der Waals surface area contributed by atoms with Crippen LogP contribution in [0.15, 0.2) is 0 Å². The maximum absolute atomic E-state index is 9.82. The molecule has 0 radical (unpaired) electrons. The summed E-state index contributed by atoms with van der Waals surface area (Å²) in [5.41, 5.74) is 0. The molecular formula is C10H26O5. The highest BCUT2D eigenvalue weighted by atomic mass is 16.5. The fraction of sp³-hybridized carbons (Fsp3) is 0.900. The van der Waals surface area contributed by atoms with Gasteiger partial charge in [0.2, 0.25) is 0 Å². The van der Waals surface area contributed by atoms with Crippen molar-refractivity contribution in [2.24, 2.45) is 0 Å². The first kappa shape index (κ1) is 23.9. The highest BCUT2D eigenvalue weighted by Gasteiger charge is 1.81. The third-order valence-corrected chi connectivity index (χ3v) is 0.571. The van der Waals surface area contributed by atoms with Gasteiger partial charge in [-0.15, -0.1) is 0 Å². The highest BCUT2D eigenvalue weighted by Crippen LogP contribution is 1.69. The van der Waals surface area contributed by atoms with E-state index in [0.717, 1.165) is 13.5 Å². The number of esters is 1. The van der Waals surface area contributed by atoms with Gasteiger partial charge >= 0.3 is 5.97 Å². The standard InChI is InChI=1S/C4H8O2.C3H8O.C2H6O.CH4O/c1-3-6-4(2)5;1-2-3-4;1-2-3;1-2/h3H2,1-2H3;4H,2-3H2,1H3;3H,2H2,1H3;2H,1H3. The van der Waals surface area contributed by atoms with E-state index in [4.69, 9.17) is 15.3 Å². The van der Waals surface area contributed by atoms with Gasteiger partial charge in [-0.1, -0.05) is 6.92 Å². The number of carbonyl (C=O) groups excluding carboxylic acids is 1. The van der Waals surface area contributed by atoms with Crippen molar-refractivity contribution in [2.45, 2.75) is 34.1 Å². The molecule has 96 valence electrons. The number of carbonyl (C=O) groups is 1. The maximum atomic E-state index is 9.82. The Labute approximate surface area is 92.7 Å². The largest absolute Gasteiger partial charge is 0.466 e. The molecule has 5 nitrogen and oxygen atoms in total. The van der Waals surface area contributed by atoms with Crippen LogP contribution in [0.3, 0.4) is 0 Å². The van der Waals surface area contributed by atoms with Crippen LogP contribution in [0.2, 0.25) is 0 Å². The molecule has 0 aliphatic rings. The van der Waals surface area contributed by atoms with Gasteiger partial charge in [0.25, 0.3) is 0 Å². The molecule has 0 aliphatic heterocycles. The van der Waals surface area contributed by atoms with Crippen LogP contribution in [-0.2, 0) is 9.53 Å². The average molecular weight is 226 g/mol. The van der Waals surface area contributed by atoms with Crippen LogP contribution in [0, 0.1) is 0 Å². The lowest BCUT2D eigenvalue weighted by Gasteiger charge is -1.89. The number of aliphatic hydroxyl groups excluding tert-OH is 3. The predicted octanol–water partition coefficient (Wildman–Crippen LogP) is 0.565.